The smallest absolute Gasteiger partial charge is 0.343 e. The molecule has 0 saturated heterocycles. The fourth-order valence-electron chi connectivity index (χ4n) is 2.12. The maximum absolute atomic E-state index is 12.3. The van der Waals surface area contributed by atoms with Gasteiger partial charge in [-0.25, -0.2) is 9.59 Å². The minimum Gasteiger partial charge on any atom is -0.493 e. The molecule has 0 atom stereocenters. The molecule has 2 aromatic rings. The molecule has 0 unspecified atom stereocenters. The highest BCUT2D eigenvalue weighted by atomic mass is 16.6. The van der Waals surface area contributed by atoms with E-state index in [1.54, 1.807) is 19.1 Å². The molecule has 0 aliphatic heterocycles. The Labute approximate surface area is 141 Å². The average Bonchev–Trinajstić information content (AvgIpc) is 2.57. The molecule has 2 aromatic carbocycles. The Morgan fingerprint density at radius 2 is 1.54 bits per heavy atom. The topological polar surface area (TPSA) is 61.8 Å². The number of esters is 2. The summed E-state index contributed by atoms with van der Waals surface area (Å²) in [5.74, 6) is -0.408. The lowest BCUT2D eigenvalue weighted by atomic mass is 10.1. The second-order valence-corrected chi connectivity index (χ2v) is 5.27. The van der Waals surface area contributed by atoms with Crippen LogP contribution in [0.2, 0.25) is 0 Å². The van der Waals surface area contributed by atoms with Gasteiger partial charge in [0, 0.05) is 0 Å². The zero-order valence-electron chi connectivity index (χ0n) is 14.2. The Balaban J connectivity index is 2.23. The van der Waals surface area contributed by atoms with Crippen LogP contribution < -0.4 is 9.47 Å². The summed E-state index contributed by atoms with van der Waals surface area (Å²) in [5, 5.41) is 0. The van der Waals surface area contributed by atoms with E-state index in [1.807, 2.05) is 19.9 Å². The van der Waals surface area contributed by atoms with E-state index in [4.69, 9.17) is 14.2 Å². The van der Waals surface area contributed by atoms with Gasteiger partial charge in [0.2, 0.25) is 0 Å². The predicted octanol–water partition coefficient (Wildman–Crippen LogP) is 3.71. The predicted molar refractivity (Wildman–Crippen MR) is 89.8 cm³/mol. The van der Waals surface area contributed by atoms with Crippen LogP contribution in [0.1, 0.15) is 38.8 Å². The van der Waals surface area contributed by atoms with Crippen LogP contribution in [-0.4, -0.2) is 25.7 Å². The normalized spacial score (nSPS) is 10.2. The summed E-state index contributed by atoms with van der Waals surface area (Å²) in [6.07, 6.45) is 0. The standard InChI is InChI=1S/C19H20O5/c1-5-23-18(20)15-8-9-16(17(11-15)22-4)24-19(21)14-7-6-12(2)13(3)10-14/h6-11H,5H2,1-4H3. The second kappa shape index (κ2) is 7.64. The van der Waals surface area contributed by atoms with Crippen LogP contribution in [0.4, 0.5) is 0 Å². The van der Waals surface area contributed by atoms with E-state index in [0.29, 0.717) is 11.1 Å². The molecule has 0 amide bonds. The first-order valence-electron chi connectivity index (χ1n) is 7.60. The van der Waals surface area contributed by atoms with Crippen molar-refractivity contribution in [2.24, 2.45) is 0 Å². The quantitative estimate of drug-likeness (QED) is 0.618. The first kappa shape index (κ1) is 17.5. The Kier molecular flexibility index (Phi) is 5.58. The van der Waals surface area contributed by atoms with Crippen molar-refractivity contribution in [3.63, 3.8) is 0 Å². The number of rotatable bonds is 5. The third kappa shape index (κ3) is 3.93. The molecule has 0 aliphatic carbocycles. The molecule has 24 heavy (non-hydrogen) atoms. The van der Waals surface area contributed by atoms with E-state index in [1.165, 1.54) is 25.3 Å². The first-order chi connectivity index (χ1) is 11.5. The van der Waals surface area contributed by atoms with E-state index >= 15 is 0 Å². The van der Waals surface area contributed by atoms with E-state index in [-0.39, 0.29) is 18.1 Å². The summed E-state index contributed by atoms with van der Waals surface area (Å²) in [6, 6.07) is 9.89. The van der Waals surface area contributed by atoms with Crippen LogP contribution in [0.25, 0.3) is 0 Å². The monoisotopic (exact) mass is 328 g/mol. The van der Waals surface area contributed by atoms with Crippen LogP contribution in [0.5, 0.6) is 11.5 Å². The summed E-state index contributed by atoms with van der Waals surface area (Å²) in [7, 11) is 1.44. The van der Waals surface area contributed by atoms with E-state index < -0.39 is 11.9 Å². The van der Waals surface area contributed by atoms with Crippen LogP contribution in [-0.2, 0) is 4.74 Å². The number of hydrogen-bond donors (Lipinski definition) is 0. The lowest BCUT2D eigenvalue weighted by molar-refractivity contribution is 0.0526. The van der Waals surface area contributed by atoms with Crippen molar-refractivity contribution in [3.05, 3.63) is 58.7 Å². The Hall–Kier alpha value is -2.82. The molecule has 0 bridgehead atoms. The number of carbonyl (C=O) groups excluding carboxylic acids is 2. The summed E-state index contributed by atoms with van der Waals surface area (Å²) in [6.45, 7) is 5.92. The van der Waals surface area contributed by atoms with Crippen molar-refractivity contribution in [1.82, 2.24) is 0 Å². The maximum Gasteiger partial charge on any atom is 0.343 e. The summed E-state index contributed by atoms with van der Waals surface area (Å²) < 4.78 is 15.5. The molecule has 0 heterocycles. The van der Waals surface area contributed by atoms with E-state index in [0.717, 1.165) is 11.1 Å². The van der Waals surface area contributed by atoms with Gasteiger partial charge in [-0.2, -0.15) is 0 Å². The van der Waals surface area contributed by atoms with E-state index in [9.17, 15) is 9.59 Å². The second-order valence-electron chi connectivity index (χ2n) is 5.27. The number of hydrogen-bond acceptors (Lipinski definition) is 5. The molecule has 2 rings (SSSR count). The molecule has 0 aliphatic rings. The van der Waals surface area contributed by atoms with Crippen molar-refractivity contribution in [2.75, 3.05) is 13.7 Å². The number of carbonyl (C=O) groups is 2. The highest BCUT2D eigenvalue weighted by molar-refractivity contribution is 5.93. The molecule has 0 fully saturated rings. The Morgan fingerprint density at radius 1 is 0.875 bits per heavy atom. The van der Waals surface area contributed by atoms with Gasteiger partial charge in [-0.15, -0.1) is 0 Å². The molecule has 0 N–H and O–H groups in total. The van der Waals surface area contributed by atoms with Gasteiger partial charge < -0.3 is 14.2 Å². The lowest BCUT2D eigenvalue weighted by Gasteiger charge is -2.11. The van der Waals surface area contributed by atoms with E-state index in [2.05, 4.69) is 0 Å². The zero-order chi connectivity index (χ0) is 17.7. The zero-order valence-corrected chi connectivity index (χ0v) is 14.2. The van der Waals surface area contributed by atoms with Crippen LogP contribution in [0.15, 0.2) is 36.4 Å². The van der Waals surface area contributed by atoms with Crippen molar-refractivity contribution in [1.29, 1.82) is 0 Å². The number of ether oxygens (including phenoxy) is 3. The van der Waals surface area contributed by atoms with Gasteiger partial charge in [0.25, 0.3) is 0 Å². The molecule has 5 heteroatoms. The fourth-order valence-corrected chi connectivity index (χ4v) is 2.12. The highest BCUT2D eigenvalue weighted by Crippen LogP contribution is 2.29. The molecular formula is C19H20O5. The Bertz CT molecular complexity index is 764. The molecule has 0 spiro atoms. The van der Waals surface area contributed by atoms with Gasteiger partial charge in [0.1, 0.15) is 0 Å². The summed E-state index contributed by atoms with van der Waals surface area (Å²) in [4.78, 5) is 24.0. The summed E-state index contributed by atoms with van der Waals surface area (Å²) >= 11 is 0. The van der Waals surface area contributed by atoms with Crippen molar-refractivity contribution in [3.8, 4) is 11.5 Å². The van der Waals surface area contributed by atoms with Gasteiger partial charge in [-0.1, -0.05) is 6.07 Å². The molecule has 126 valence electrons. The van der Waals surface area contributed by atoms with Gasteiger partial charge >= 0.3 is 11.9 Å². The lowest BCUT2D eigenvalue weighted by Crippen LogP contribution is -2.10. The van der Waals surface area contributed by atoms with Gasteiger partial charge in [0.05, 0.1) is 24.8 Å². The molecule has 0 aromatic heterocycles. The highest BCUT2D eigenvalue weighted by Gasteiger charge is 2.16. The molecule has 5 nitrogen and oxygen atoms in total. The third-order valence-corrected chi connectivity index (χ3v) is 3.62. The van der Waals surface area contributed by atoms with Crippen molar-refractivity contribution in [2.45, 2.75) is 20.8 Å². The minimum atomic E-state index is -0.486. The van der Waals surface area contributed by atoms with Gasteiger partial charge in [-0.05, 0) is 62.2 Å². The first-order valence-corrected chi connectivity index (χ1v) is 7.60. The van der Waals surface area contributed by atoms with Gasteiger partial charge in [0.15, 0.2) is 11.5 Å². The Morgan fingerprint density at radius 3 is 2.17 bits per heavy atom. The number of aryl methyl sites for hydroxylation is 2. The summed E-state index contributed by atoms with van der Waals surface area (Å²) in [5.41, 5.74) is 2.89. The molecular weight excluding hydrogens is 308 g/mol. The van der Waals surface area contributed by atoms with Crippen molar-refractivity contribution < 1.29 is 23.8 Å². The number of benzene rings is 2. The maximum atomic E-state index is 12.3. The SMILES string of the molecule is CCOC(=O)c1ccc(OC(=O)c2ccc(C)c(C)c2)c(OC)c1. The number of methoxy groups -OCH3 is 1. The average molecular weight is 328 g/mol. The molecule has 0 radical (unpaired) electrons. The van der Waals surface area contributed by atoms with Crippen LogP contribution >= 0.6 is 0 Å². The van der Waals surface area contributed by atoms with Crippen LogP contribution in [0.3, 0.4) is 0 Å². The van der Waals surface area contributed by atoms with Crippen LogP contribution in [0, 0.1) is 13.8 Å². The van der Waals surface area contributed by atoms with Crippen molar-refractivity contribution >= 4 is 11.9 Å². The minimum absolute atomic E-state index is 0.244. The largest absolute Gasteiger partial charge is 0.493 e. The fraction of sp³-hybridized carbons (Fsp3) is 0.263. The molecule has 0 saturated carbocycles. The van der Waals surface area contributed by atoms with Gasteiger partial charge in [-0.3, -0.25) is 0 Å². The third-order valence-electron chi connectivity index (χ3n) is 3.62.